The van der Waals surface area contributed by atoms with Crippen molar-refractivity contribution in [2.75, 3.05) is 4.90 Å². The van der Waals surface area contributed by atoms with Crippen LogP contribution in [0.1, 0.15) is 0 Å². The minimum absolute atomic E-state index is 0.785. The number of rotatable bonds is 5. The van der Waals surface area contributed by atoms with E-state index in [0.717, 1.165) is 38.7 Å². The second-order valence-electron chi connectivity index (χ2n) is 6.11. The van der Waals surface area contributed by atoms with Gasteiger partial charge in [-0.05, 0) is 36.4 Å². The fourth-order valence-electron chi connectivity index (χ4n) is 2.99. The summed E-state index contributed by atoms with van der Waals surface area (Å²) in [5, 5.41) is 5.70. The molecule has 5 rings (SSSR count). The first-order chi connectivity index (χ1) is 14.4. The summed E-state index contributed by atoms with van der Waals surface area (Å²) in [4.78, 5) is 20.6. The quantitative estimate of drug-likeness (QED) is 0.344. The monoisotopic (exact) mass is 413 g/mol. The molecule has 140 valence electrons. The zero-order valence-electron chi connectivity index (χ0n) is 15.2. The van der Waals surface area contributed by atoms with E-state index in [1.807, 2.05) is 70.3 Å². The number of anilines is 3. The lowest BCUT2D eigenvalue weighted by molar-refractivity contribution is 1.12. The van der Waals surface area contributed by atoms with Gasteiger partial charge in [0.15, 0.2) is 0 Å². The van der Waals surface area contributed by atoms with E-state index >= 15 is 0 Å². The third-order valence-electron chi connectivity index (χ3n) is 4.24. The Labute approximate surface area is 176 Å². The Balaban J connectivity index is 1.64. The van der Waals surface area contributed by atoms with Crippen molar-refractivity contribution in [1.29, 1.82) is 0 Å². The molecule has 0 spiro atoms. The van der Waals surface area contributed by atoms with Gasteiger partial charge in [-0.25, -0.2) is 19.9 Å². The Morgan fingerprint density at radius 3 is 1.62 bits per heavy atom. The summed E-state index contributed by atoms with van der Waals surface area (Å²) in [6.45, 7) is 0. The van der Waals surface area contributed by atoms with Crippen LogP contribution in [-0.2, 0) is 0 Å². The Morgan fingerprint density at radius 1 is 0.586 bits per heavy atom. The van der Waals surface area contributed by atoms with Crippen LogP contribution in [0.4, 0.5) is 17.3 Å². The molecule has 0 N–H and O–H groups in total. The predicted octanol–water partition coefficient (Wildman–Crippen LogP) is 6.19. The molecule has 29 heavy (non-hydrogen) atoms. The van der Waals surface area contributed by atoms with E-state index in [1.165, 1.54) is 0 Å². The first-order valence-electron chi connectivity index (χ1n) is 8.97. The Kier molecular flexibility index (Phi) is 4.81. The second-order valence-corrected chi connectivity index (χ2v) is 7.90. The molecule has 0 aliphatic carbocycles. The van der Waals surface area contributed by atoms with Gasteiger partial charge >= 0.3 is 0 Å². The maximum atomic E-state index is 4.88. The highest BCUT2D eigenvalue weighted by Gasteiger charge is 2.17. The molecule has 5 aromatic rings. The molecule has 4 heterocycles. The largest absolute Gasteiger partial charge is 0.279 e. The van der Waals surface area contributed by atoms with Gasteiger partial charge in [0.2, 0.25) is 0 Å². The summed E-state index contributed by atoms with van der Waals surface area (Å²) >= 11 is 3.15. The van der Waals surface area contributed by atoms with Crippen molar-refractivity contribution in [3.63, 3.8) is 0 Å². The van der Waals surface area contributed by atoms with Crippen LogP contribution in [0.25, 0.3) is 21.4 Å². The van der Waals surface area contributed by atoms with Crippen LogP contribution in [0.3, 0.4) is 0 Å². The zero-order valence-corrected chi connectivity index (χ0v) is 16.8. The lowest BCUT2D eigenvalue weighted by Crippen LogP contribution is -2.13. The van der Waals surface area contributed by atoms with E-state index < -0.39 is 0 Å². The molecule has 0 bridgehead atoms. The molecule has 1 aromatic carbocycles. The molecule has 0 atom stereocenters. The number of para-hydroxylation sites is 1. The van der Waals surface area contributed by atoms with Gasteiger partial charge in [0.05, 0.1) is 0 Å². The molecule has 0 saturated carbocycles. The molecular weight excluding hydrogens is 398 g/mol. The topological polar surface area (TPSA) is 54.8 Å². The number of hydrogen-bond acceptors (Lipinski definition) is 7. The van der Waals surface area contributed by atoms with Gasteiger partial charge in [0.1, 0.15) is 33.0 Å². The van der Waals surface area contributed by atoms with E-state index in [0.29, 0.717) is 0 Å². The summed E-state index contributed by atoms with van der Waals surface area (Å²) in [5.74, 6) is 1.57. The van der Waals surface area contributed by atoms with E-state index in [1.54, 1.807) is 35.1 Å². The van der Waals surface area contributed by atoms with Gasteiger partial charge in [-0.3, -0.25) is 4.90 Å². The molecule has 0 aliphatic heterocycles. The molecule has 4 aromatic heterocycles. The standard InChI is InChI=1S/C22H15N5S2/c1-2-6-16(7-3-1)27(19-10-4-8-17(25-19)21-23-12-14-28-21)20-11-5-9-18(26-20)22-24-13-15-29-22/h1-15H. The lowest BCUT2D eigenvalue weighted by Gasteiger charge is -2.23. The zero-order chi connectivity index (χ0) is 19.5. The smallest absolute Gasteiger partial charge is 0.141 e. The number of nitrogens with zero attached hydrogens (tertiary/aromatic N) is 5. The highest BCUT2D eigenvalue weighted by molar-refractivity contribution is 7.13. The van der Waals surface area contributed by atoms with Crippen molar-refractivity contribution in [1.82, 2.24) is 19.9 Å². The third kappa shape index (κ3) is 3.65. The molecule has 0 fully saturated rings. The maximum absolute atomic E-state index is 4.88. The maximum Gasteiger partial charge on any atom is 0.141 e. The van der Waals surface area contributed by atoms with Crippen molar-refractivity contribution >= 4 is 40.0 Å². The molecule has 0 radical (unpaired) electrons. The fraction of sp³-hybridized carbons (Fsp3) is 0. The van der Waals surface area contributed by atoms with Crippen molar-refractivity contribution in [3.8, 4) is 21.4 Å². The summed E-state index contributed by atoms with van der Waals surface area (Å²) in [7, 11) is 0. The second kappa shape index (κ2) is 7.90. The molecule has 0 amide bonds. The molecule has 0 aliphatic rings. The minimum Gasteiger partial charge on any atom is -0.279 e. The summed E-state index contributed by atoms with van der Waals surface area (Å²) in [6, 6.07) is 22.1. The Bertz CT molecular complexity index is 1130. The van der Waals surface area contributed by atoms with Crippen LogP contribution < -0.4 is 4.90 Å². The SMILES string of the molecule is c1ccc(N(c2cccc(-c3nccs3)n2)c2cccc(-c3nccs3)n2)cc1. The van der Waals surface area contributed by atoms with Crippen LogP contribution in [0, 0.1) is 0 Å². The first kappa shape index (κ1) is 17.7. The summed E-state index contributed by atoms with van der Waals surface area (Å²) in [5.41, 5.74) is 2.67. The van der Waals surface area contributed by atoms with E-state index in [9.17, 15) is 0 Å². The van der Waals surface area contributed by atoms with Gasteiger partial charge in [-0.2, -0.15) is 0 Å². The average Bonchev–Trinajstić information content (AvgIpc) is 3.50. The van der Waals surface area contributed by atoms with Gasteiger partial charge in [0, 0.05) is 28.8 Å². The Hall–Kier alpha value is -3.42. The van der Waals surface area contributed by atoms with E-state index in [2.05, 4.69) is 22.1 Å². The Morgan fingerprint density at radius 2 is 1.14 bits per heavy atom. The van der Waals surface area contributed by atoms with Crippen LogP contribution >= 0.6 is 22.7 Å². The van der Waals surface area contributed by atoms with Gasteiger partial charge in [-0.15, -0.1) is 22.7 Å². The number of aromatic nitrogens is 4. The predicted molar refractivity (Wildman–Crippen MR) is 119 cm³/mol. The van der Waals surface area contributed by atoms with Crippen molar-refractivity contribution in [3.05, 3.63) is 89.9 Å². The van der Waals surface area contributed by atoms with Crippen molar-refractivity contribution in [2.45, 2.75) is 0 Å². The van der Waals surface area contributed by atoms with Gasteiger partial charge in [0.25, 0.3) is 0 Å². The molecular formula is C22H15N5S2. The number of pyridine rings is 2. The number of hydrogen-bond donors (Lipinski definition) is 0. The average molecular weight is 414 g/mol. The number of thiazole rings is 2. The number of benzene rings is 1. The normalized spacial score (nSPS) is 10.8. The van der Waals surface area contributed by atoms with Crippen LogP contribution in [0.15, 0.2) is 89.9 Å². The van der Waals surface area contributed by atoms with E-state index in [4.69, 9.17) is 9.97 Å². The summed E-state index contributed by atoms with van der Waals surface area (Å²) < 4.78 is 0. The minimum atomic E-state index is 0.785. The molecule has 7 heteroatoms. The van der Waals surface area contributed by atoms with E-state index in [-0.39, 0.29) is 0 Å². The fourth-order valence-corrected chi connectivity index (χ4v) is 4.21. The first-order valence-corrected chi connectivity index (χ1v) is 10.7. The lowest BCUT2D eigenvalue weighted by atomic mass is 10.2. The highest BCUT2D eigenvalue weighted by atomic mass is 32.1. The van der Waals surface area contributed by atoms with Crippen molar-refractivity contribution < 1.29 is 0 Å². The van der Waals surface area contributed by atoms with Crippen molar-refractivity contribution in [2.24, 2.45) is 0 Å². The van der Waals surface area contributed by atoms with Crippen LogP contribution in [-0.4, -0.2) is 19.9 Å². The molecule has 0 saturated heterocycles. The van der Waals surface area contributed by atoms with Gasteiger partial charge in [-0.1, -0.05) is 30.3 Å². The molecule has 0 unspecified atom stereocenters. The van der Waals surface area contributed by atoms with Crippen LogP contribution in [0.5, 0.6) is 0 Å². The highest BCUT2D eigenvalue weighted by Crippen LogP contribution is 2.34. The third-order valence-corrected chi connectivity index (χ3v) is 5.84. The van der Waals surface area contributed by atoms with Gasteiger partial charge < -0.3 is 0 Å². The molecule has 5 nitrogen and oxygen atoms in total. The van der Waals surface area contributed by atoms with Crippen LogP contribution in [0.2, 0.25) is 0 Å². The summed E-state index contributed by atoms with van der Waals surface area (Å²) in [6.07, 6.45) is 3.59.